The van der Waals surface area contributed by atoms with Gasteiger partial charge in [-0.25, -0.2) is 0 Å². The van der Waals surface area contributed by atoms with E-state index in [0.717, 1.165) is 16.9 Å². The zero-order chi connectivity index (χ0) is 14.1. The van der Waals surface area contributed by atoms with E-state index in [1.54, 1.807) is 23.6 Å². The Balaban J connectivity index is 2.21. The molecule has 0 fully saturated rings. The topological polar surface area (TPSA) is 43.4 Å². The molecule has 1 aromatic carbocycles. The van der Waals surface area contributed by atoms with Crippen molar-refractivity contribution in [3.8, 4) is 5.75 Å². The predicted molar refractivity (Wildman–Crippen MR) is 77.3 cm³/mol. The molecule has 0 spiro atoms. The van der Waals surface area contributed by atoms with Gasteiger partial charge in [0.2, 0.25) is 0 Å². The molecule has 1 heterocycles. The fourth-order valence-corrected chi connectivity index (χ4v) is 3.46. The second-order valence-electron chi connectivity index (χ2n) is 5.24. The van der Waals surface area contributed by atoms with Crippen LogP contribution in [0.1, 0.15) is 26.3 Å². The Bertz CT molecular complexity index is 633. The van der Waals surface area contributed by atoms with Crippen molar-refractivity contribution in [3.05, 3.63) is 47.3 Å². The van der Waals surface area contributed by atoms with E-state index in [-0.39, 0.29) is 9.62 Å². The Hall–Kier alpha value is -1.33. The Labute approximate surface area is 118 Å². The van der Waals surface area contributed by atoms with Crippen molar-refractivity contribution in [2.45, 2.75) is 30.4 Å². The molecule has 0 aliphatic carbocycles. The lowest BCUT2D eigenvalue weighted by atomic mass is 9.87. The molecule has 0 saturated carbocycles. The number of thiophene rings is 1. The molecule has 0 aliphatic heterocycles. The van der Waals surface area contributed by atoms with Crippen molar-refractivity contribution < 1.29 is 12.6 Å². The van der Waals surface area contributed by atoms with E-state index in [2.05, 4.69) is 20.8 Å². The van der Waals surface area contributed by atoms with Gasteiger partial charge in [0.1, 0.15) is 5.75 Å². The SMILES string of the molecule is CC(C)(C)c1ccc(OS(=O)(=O)c2cccs2)cc1. The first-order chi connectivity index (χ1) is 8.79. The molecule has 0 N–H and O–H groups in total. The van der Waals surface area contributed by atoms with Crippen LogP contribution < -0.4 is 4.18 Å². The molecule has 3 nitrogen and oxygen atoms in total. The normalized spacial score (nSPS) is 12.4. The number of benzene rings is 1. The Kier molecular flexibility index (Phi) is 3.69. The van der Waals surface area contributed by atoms with Crippen molar-refractivity contribution in [1.29, 1.82) is 0 Å². The lowest BCUT2D eigenvalue weighted by Crippen LogP contribution is -2.11. The van der Waals surface area contributed by atoms with Gasteiger partial charge in [-0.2, -0.15) is 8.42 Å². The van der Waals surface area contributed by atoms with Gasteiger partial charge in [0.05, 0.1) is 0 Å². The summed E-state index contributed by atoms with van der Waals surface area (Å²) in [6.07, 6.45) is 0. The van der Waals surface area contributed by atoms with Crippen LogP contribution in [0.25, 0.3) is 0 Å². The highest BCUT2D eigenvalue weighted by Crippen LogP contribution is 2.26. The third kappa shape index (κ3) is 3.36. The van der Waals surface area contributed by atoms with Gasteiger partial charge in [0, 0.05) is 0 Å². The number of rotatable bonds is 3. The highest BCUT2D eigenvalue weighted by atomic mass is 32.3. The summed E-state index contributed by atoms with van der Waals surface area (Å²) in [4.78, 5) is 0. The molecule has 0 saturated heterocycles. The van der Waals surface area contributed by atoms with Crippen molar-refractivity contribution in [2.75, 3.05) is 0 Å². The van der Waals surface area contributed by atoms with E-state index in [4.69, 9.17) is 4.18 Å². The zero-order valence-electron chi connectivity index (χ0n) is 11.1. The molecule has 0 unspecified atom stereocenters. The molecule has 0 radical (unpaired) electrons. The highest BCUT2D eigenvalue weighted by molar-refractivity contribution is 7.89. The summed E-state index contributed by atoms with van der Waals surface area (Å²) in [5.74, 6) is 0.335. The molecule has 2 rings (SSSR count). The third-order valence-corrected chi connectivity index (χ3v) is 5.27. The standard InChI is InChI=1S/C14H16O3S2/c1-14(2,3)11-6-8-12(9-7-11)17-19(15,16)13-5-4-10-18-13/h4-10H,1-3H3. The van der Waals surface area contributed by atoms with Crippen molar-refractivity contribution >= 4 is 21.5 Å². The number of hydrogen-bond acceptors (Lipinski definition) is 4. The van der Waals surface area contributed by atoms with Gasteiger partial charge in [-0.3, -0.25) is 0 Å². The van der Waals surface area contributed by atoms with Crippen LogP contribution in [0.5, 0.6) is 5.75 Å². The number of hydrogen-bond donors (Lipinski definition) is 0. The second kappa shape index (κ2) is 4.98. The molecule has 0 aliphatic rings. The molecule has 19 heavy (non-hydrogen) atoms. The van der Waals surface area contributed by atoms with Crippen molar-refractivity contribution in [2.24, 2.45) is 0 Å². The van der Waals surface area contributed by atoms with Gasteiger partial charge in [-0.05, 0) is 34.6 Å². The molecule has 0 amide bonds. The van der Waals surface area contributed by atoms with Crippen molar-refractivity contribution in [1.82, 2.24) is 0 Å². The highest BCUT2D eigenvalue weighted by Gasteiger charge is 2.18. The largest absolute Gasteiger partial charge is 0.378 e. The predicted octanol–water partition coefficient (Wildman–Crippen LogP) is 3.81. The monoisotopic (exact) mass is 296 g/mol. The van der Waals surface area contributed by atoms with Gasteiger partial charge < -0.3 is 4.18 Å². The lowest BCUT2D eigenvalue weighted by molar-refractivity contribution is 0.488. The fraction of sp³-hybridized carbons (Fsp3) is 0.286. The van der Waals surface area contributed by atoms with Crippen LogP contribution in [0.4, 0.5) is 0 Å². The average Bonchev–Trinajstić information content (AvgIpc) is 2.82. The molecular weight excluding hydrogens is 280 g/mol. The maximum absolute atomic E-state index is 11.9. The summed E-state index contributed by atoms with van der Waals surface area (Å²) in [5.41, 5.74) is 1.17. The van der Waals surface area contributed by atoms with E-state index >= 15 is 0 Å². The van der Waals surface area contributed by atoms with Crippen LogP contribution in [-0.4, -0.2) is 8.42 Å². The second-order valence-corrected chi connectivity index (χ2v) is 7.96. The Morgan fingerprint density at radius 2 is 1.68 bits per heavy atom. The molecule has 0 bridgehead atoms. The molecule has 5 heteroatoms. The molecule has 1 aromatic heterocycles. The minimum Gasteiger partial charge on any atom is -0.378 e. The van der Waals surface area contributed by atoms with Gasteiger partial charge in [-0.1, -0.05) is 39.0 Å². The van der Waals surface area contributed by atoms with Crippen LogP contribution in [0.15, 0.2) is 46.0 Å². The van der Waals surface area contributed by atoms with Crippen LogP contribution in [0.3, 0.4) is 0 Å². The van der Waals surface area contributed by atoms with Crippen LogP contribution in [-0.2, 0) is 15.5 Å². The van der Waals surface area contributed by atoms with Gasteiger partial charge in [0.25, 0.3) is 0 Å². The Morgan fingerprint density at radius 3 is 2.16 bits per heavy atom. The van der Waals surface area contributed by atoms with Crippen LogP contribution in [0, 0.1) is 0 Å². The zero-order valence-corrected chi connectivity index (χ0v) is 12.7. The maximum atomic E-state index is 11.9. The summed E-state index contributed by atoms with van der Waals surface area (Å²) in [6, 6.07) is 10.4. The van der Waals surface area contributed by atoms with Gasteiger partial charge >= 0.3 is 10.1 Å². The summed E-state index contributed by atoms with van der Waals surface area (Å²) < 4.78 is 29.2. The van der Waals surface area contributed by atoms with E-state index < -0.39 is 10.1 Å². The van der Waals surface area contributed by atoms with Crippen LogP contribution in [0.2, 0.25) is 0 Å². The third-order valence-electron chi connectivity index (χ3n) is 2.67. The molecule has 102 valence electrons. The summed E-state index contributed by atoms with van der Waals surface area (Å²) in [5, 5.41) is 1.71. The summed E-state index contributed by atoms with van der Waals surface area (Å²) in [6.45, 7) is 6.31. The first-order valence-electron chi connectivity index (χ1n) is 5.87. The summed E-state index contributed by atoms with van der Waals surface area (Å²) >= 11 is 1.14. The molecule has 0 atom stereocenters. The minimum atomic E-state index is -3.70. The quantitative estimate of drug-likeness (QED) is 0.809. The van der Waals surface area contributed by atoms with Gasteiger partial charge in [0.15, 0.2) is 4.21 Å². The van der Waals surface area contributed by atoms with E-state index in [1.165, 1.54) is 6.07 Å². The maximum Gasteiger partial charge on any atom is 0.348 e. The summed E-state index contributed by atoms with van der Waals surface area (Å²) in [7, 11) is -3.70. The smallest absolute Gasteiger partial charge is 0.348 e. The van der Waals surface area contributed by atoms with E-state index in [0.29, 0.717) is 5.75 Å². The molecular formula is C14H16O3S2. The van der Waals surface area contributed by atoms with Crippen LogP contribution >= 0.6 is 11.3 Å². The first-order valence-corrected chi connectivity index (χ1v) is 8.16. The fourth-order valence-electron chi connectivity index (χ4n) is 1.58. The minimum absolute atomic E-state index is 0.0329. The van der Waals surface area contributed by atoms with Gasteiger partial charge in [-0.15, -0.1) is 11.3 Å². The first kappa shape index (κ1) is 14.1. The van der Waals surface area contributed by atoms with Crippen molar-refractivity contribution in [3.63, 3.8) is 0 Å². The van der Waals surface area contributed by atoms with E-state index in [9.17, 15) is 8.42 Å². The average molecular weight is 296 g/mol. The molecule has 2 aromatic rings. The lowest BCUT2D eigenvalue weighted by Gasteiger charge is -2.19. The van der Waals surface area contributed by atoms with E-state index in [1.807, 2.05) is 12.1 Å². The Morgan fingerprint density at radius 1 is 1.05 bits per heavy atom.